The molecule has 0 aliphatic rings. The predicted octanol–water partition coefficient (Wildman–Crippen LogP) is -0.772. The second-order valence-electron chi connectivity index (χ2n) is 1.09. The number of aliphatic hydroxyl groups is 1. The molecule has 42 valence electrons. The van der Waals surface area contributed by atoms with Gasteiger partial charge in [0, 0.05) is 0 Å². The van der Waals surface area contributed by atoms with E-state index in [2.05, 4.69) is 15.9 Å². The predicted molar refractivity (Wildman–Crippen MR) is 29.0 cm³/mol. The first-order chi connectivity index (χ1) is 3.18. The molecule has 0 aliphatic carbocycles. The van der Waals surface area contributed by atoms with Gasteiger partial charge in [0.05, 0.1) is 12.6 Å². The Kier molecular flexibility index (Phi) is 3.15. The minimum Gasteiger partial charge on any atom is -0.394 e. The van der Waals surface area contributed by atoms with E-state index in [0.29, 0.717) is 0 Å². The number of hydrogen-bond donors (Lipinski definition) is 2. The van der Waals surface area contributed by atoms with Crippen LogP contribution in [0.2, 0.25) is 0 Å². The fourth-order valence-electron chi connectivity index (χ4n) is 0.0718. The molecular weight excluding hydrogens is 162 g/mol. The Morgan fingerprint density at radius 1 is 2.00 bits per heavy atom. The second kappa shape index (κ2) is 3.12. The fourth-order valence-corrected chi connectivity index (χ4v) is 0.217. The van der Waals surface area contributed by atoms with E-state index in [1.54, 1.807) is 0 Å². The molecule has 0 heterocycles. The van der Waals surface area contributed by atoms with Gasteiger partial charge in [-0.1, -0.05) is 0 Å². The van der Waals surface area contributed by atoms with Gasteiger partial charge in [-0.15, -0.1) is 0 Å². The van der Waals surface area contributed by atoms with Gasteiger partial charge < -0.3 is 10.8 Å². The van der Waals surface area contributed by atoms with Crippen molar-refractivity contribution in [2.45, 2.75) is 6.04 Å². The third kappa shape index (κ3) is 2.73. The summed E-state index contributed by atoms with van der Waals surface area (Å²) in [6.45, 7) is -0.302. The molecule has 0 aromatic heterocycles. The third-order valence-corrected chi connectivity index (χ3v) is 1.08. The van der Waals surface area contributed by atoms with Crippen molar-refractivity contribution in [3.8, 4) is 0 Å². The zero-order chi connectivity index (χ0) is 5.86. The highest BCUT2D eigenvalue weighted by Gasteiger charge is 2.05. The Hall–Kier alpha value is 0.0700. The topological polar surface area (TPSA) is 63.3 Å². The van der Waals surface area contributed by atoms with Crippen LogP contribution in [0.5, 0.6) is 0 Å². The number of carbonyl (C=O) groups excluding carboxylic acids is 1. The van der Waals surface area contributed by atoms with Crippen LogP contribution in [0.3, 0.4) is 0 Å². The van der Waals surface area contributed by atoms with Crippen molar-refractivity contribution in [1.29, 1.82) is 0 Å². The molecule has 0 aromatic rings. The summed E-state index contributed by atoms with van der Waals surface area (Å²) in [5.74, 6) is 0. The number of carbonyl (C=O) groups is 1. The molecule has 0 spiro atoms. The van der Waals surface area contributed by atoms with Gasteiger partial charge in [-0.2, -0.15) is 0 Å². The quantitative estimate of drug-likeness (QED) is 0.532. The van der Waals surface area contributed by atoms with Crippen LogP contribution in [-0.4, -0.2) is 22.4 Å². The van der Waals surface area contributed by atoms with E-state index in [1.165, 1.54) is 0 Å². The molecule has 7 heavy (non-hydrogen) atoms. The Labute approximate surface area is 49.6 Å². The zero-order valence-electron chi connectivity index (χ0n) is 3.60. The zero-order valence-corrected chi connectivity index (χ0v) is 5.18. The van der Waals surface area contributed by atoms with Gasteiger partial charge in [0.25, 0.3) is 0 Å². The SMILES string of the molecule is N[C@@H](CO)C(=O)Br. The first kappa shape index (κ1) is 7.07. The van der Waals surface area contributed by atoms with E-state index < -0.39 is 6.04 Å². The van der Waals surface area contributed by atoms with Crippen LogP contribution in [0.1, 0.15) is 0 Å². The molecule has 0 fully saturated rings. The summed E-state index contributed by atoms with van der Waals surface area (Å²) in [4.78, 5) is 10.0. The summed E-state index contributed by atoms with van der Waals surface area (Å²) in [5.41, 5.74) is 4.97. The van der Waals surface area contributed by atoms with Crippen molar-refractivity contribution in [1.82, 2.24) is 0 Å². The van der Waals surface area contributed by atoms with Gasteiger partial charge in [-0.25, -0.2) is 0 Å². The van der Waals surface area contributed by atoms with Crippen LogP contribution in [0.25, 0.3) is 0 Å². The average Bonchev–Trinajstić information content (AvgIpc) is 1.65. The van der Waals surface area contributed by atoms with Crippen molar-refractivity contribution in [3.05, 3.63) is 0 Å². The molecule has 0 amide bonds. The lowest BCUT2D eigenvalue weighted by Gasteiger charge is -1.96. The highest BCUT2D eigenvalue weighted by molar-refractivity contribution is 9.18. The Morgan fingerprint density at radius 3 is 2.43 bits per heavy atom. The highest BCUT2D eigenvalue weighted by Crippen LogP contribution is 1.87. The standard InChI is InChI=1S/C3H6BrNO2/c4-3(7)2(5)1-6/h2,6H,1,5H2/t2-/m0/s1. The average molecular weight is 168 g/mol. The maximum Gasteiger partial charge on any atom is 0.216 e. The minimum absolute atomic E-state index is 0.302. The molecule has 1 atom stereocenters. The Bertz CT molecular complexity index is 75.3. The van der Waals surface area contributed by atoms with Gasteiger partial charge in [0.15, 0.2) is 0 Å². The number of halogens is 1. The Morgan fingerprint density at radius 2 is 2.43 bits per heavy atom. The van der Waals surface area contributed by atoms with Crippen molar-refractivity contribution < 1.29 is 9.90 Å². The summed E-state index contributed by atoms with van der Waals surface area (Å²) >= 11 is 2.58. The normalized spacial score (nSPS) is 13.6. The van der Waals surface area contributed by atoms with Crippen LogP contribution in [0, 0.1) is 0 Å². The molecule has 0 aromatic carbocycles. The largest absolute Gasteiger partial charge is 0.394 e. The molecule has 0 saturated carbocycles. The lowest BCUT2D eigenvalue weighted by atomic mass is 10.4. The molecule has 0 radical (unpaired) electrons. The summed E-state index contributed by atoms with van der Waals surface area (Å²) in [7, 11) is 0. The Balaban J connectivity index is 3.34. The van der Waals surface area contributed by atoms with Crippen molar-refractivity contribution in [2.24, 2.45) is 5.73 Å². The maximum absolute atomic E-state index is 10.0. The lowest BCUT2D eigenvalue weighted by Crippen LogP contribution is -2.30. The number of hydrogen-bond acceptors (Lipinski definition) is 3. The maximum atomic E-state index is 10.0. The monoisotopic (exact) mass is 167 g/mol. The van der Waals surface area contributed by atoms with Gasteiger partial charge in [-0.3, -0.25) is 4.79 Å². The molecule has 4 heteroatoms. The molecule has 0 aliphatic heterocycles. The molecule has 0 saturated heterocycles. The first-order valence-electron chi connectivity index (χ1n) is 1.74. The summed E-state index contributed by atoms with van der Waals surface area (Å²) in [5, 5.41) is 8.13. The second-order valence-corrected chi connectivity index (χ2v) is 1.87. The van der Waals surface area contributed by atoms with Crippen LogP contribution in [0.15, 0.2) is 0 Å². The fraction of sp³-hybridized carbons (Fsp3) is 0.667. The summed E-state index contributed by atoms with van der Waals surface area (Å²) in [6.07, 6.45) is 0. The van der Waals surface area contributed by atoms with E-state index in [1.807, 2.05) is 0 Å². The van der Waals surface area contributed by atoms with E-state index in [4.69, 9.17) is 10.8 Å². The van der Waals surface area contributed by atoms with E-state index in [-0.39, 0.29) is 11.3 Å². The lowest BCUT2D eigenvalue weighted by molar-refractivity contribution is -0.112. The molecule has 3 N–H and O–H groups in total. The van der Waals surface area contributed by atoms with Crippen molar-refractivity contribution in [2.75, 3.05) is 6.61 Å². The van der Waals surface area contributed by atoms with E-state index in [9.17, 15) is 4.79 Å². The van der Waals surface area contributed by atoms with Crippen LogP contribution < -0.4 is 5.73 Å². The highest BCUT2D eigenvalue weighted by atomic mass is 79.9. The molecule has 0 unspecified atom stereocenters. The first-order valence-corrected chi connectivity index (χ1v) is 2.53. The number of aliphatic hydroxyl groups excluding tert-OH is 1. The minimum atomic E-state index is -0.764. The van der Waals surface area contributed by atoms with Gasteiger partial charge in [0.1, 0.15) is 0 Å². The molecule has 3 nitrogen and oxygen atoms in total. The molecular formula is C3H6BrNO2. The smallest absolute Gasteiger partial charge is 0.216 e. The number of rotatable bonds is 2. The summed E-state index contributed by atoms with van der Waals surface area (Å²) in [6, 6.07) is -0.764. The van der Waals surface area contributed by atoms with Gasteiger partial charge >= 0.3 is 0 Å². The van der Waals surface area contributed by atoms with Crippen molar-refractivity contribution >= 4 is 20.6 Å². The van der Waals surface area contributed by atoms with Crippen molar-refractivity contribution in [3.63, 3.8) is 0 Å². The van der Waals surface area contributed by atoms with Crippen LogP contribution in [0.4, 0.5) is 0 Å². The molecule has 0 bridgehead atoms. The summed E-state index contributed by atoms with van der Waals surface area (Å²) < 4.78 is -0.366. The van der Waals surface area contributed by atoms with Gasteiger partial charge in [0.2, 0.25) is 4.69 Å². The molecule has 0 rings (SSSR count). The van der Waals surface area contributed by atoms with E-state index >= 15 is 0 Å². The number of nitrogens with two attached hydrogens (primary N) is 1. The van der Waals surface area contributed by atoms with Crippen LogP contribution in [-0.2, 0) is 4.79 Å². The van der Waals surface area contributed by atoms with E-state index in [0.717, 1.165) is 0 Å². The third-order valence-electron chi connectivity index (χ3n) is 0.488. The van der Waals surface area contributed by atoms with Gasteiger partial charge in [-0.05, 0) is 15.9 Å². The van der Waals surface area contributed by atoms with Crippen LogP contribution >= 0.6 is 15.9 Å².